The number of amides is 1. The van der Waals surface area contributed by atoms with Crippen molar-refractivity contribution in [3.05, 3.63) is 112 Å². The molecular formula is C28H26N2O3S. The van der Waals surface area contributed by atoms with Crippen LogP contribution in [0.5, 0.6) is 11.5 Å². The van der Waals surface area contributed by atoms with Crippen LogP contribution in [0.15, 0.2) is 84.2 Å². The summed E-state index contributed by atoms with van der Waals surface area (Å²) in [6.45, 7) is 0.361. The van der Waals surface area contributed by atoms with Crippen molar-refractivity contribution < 1.29 is 14.3 Å². The summed E-state index contributed by atoms with van der Waals surface area (Å²) in [6, 6.07) is 25.4. The van der Waals surface area contributed by atoms with Crippen LogP contribution in [0.25, 0.3) is 11.6 Å². The van der Waals surface area contributed by atoms with E-state index in [2.05, 4.69) is 22.4 Å². The molecule has 1 heterocycles. The van der Waals surface area contributed by atoms with Gasteiger partial charge >= 0.3 is 0 Å². The first kappa shape index (κ1) is 23.3. The third-order valence-electron chi connectivity index (χ3n) is 5.28. The first-order valence-corrected chi connectivity index (χ1v) is 11.8. The number of rotatable bonds is 9. The maximum absolute atomic E-state index is 13.2. The number of aromatic nitrogens is 1. The molecule has 0 radical (unpaired) electrons. The molecular weight excluding hydrogens is 444 g/mol. The van der Waals surface area contributed by atoms with E-state index in [0.29, 0.717) is 23.6 Å². The Labute approximate surface area is 203 Å². The van der Waals surface area contributed by atoms with E-state index < -0.39 is 0 Å². The van der Waals surface area contributed by atoms with Crippen LogP contribution >= 0.6 is 11.3 Å². The van der Waals surface area contributed by atoms with Crippen molar-refractivity contribution in [2.45, 2.75) is 13.0 Å². The molecule has 0 saturated carbocycles. The summed E-state index contributed by atoms with van der Waals surface area (Å²) in [4.78, 5) is 17.9. The van der Waals surface area contributed by atoms with Gasteiger partial charge in [-0.15, -0.1) is 11.3 Å². The van der Waals surface area contributed by atoms with Gasteiger partial charge in [0.1, 0.15) is 0 Å². The second-order valence-corrected chi connectivity index (χ2v) is 8.56. The molecule has 4 rings (SSSR count). The number of methoxy groups -OCH3 is 2. The van der Waals surface area contributed by atoms with E-state index in [1.54, 1.807) is 25.6 Å². The molecule has 34 heavy (non-hydrogen) atoms. The minimum Gasteiger partial charge on any atom is -0.493 e. The molecule has 1 amide bonds. The standard InChI is InChI=1S/C28H26N2O3S/c1-32-25-14-13-21(16-26(25)33-2)15-24(22-11-7-4-8-12-22)28(31)29-18-23-19-34-27(30-23)17-20-9-5-3-6-10-20/h3-16,19H,17-18H2,1-2H3,(H,29,31)/b24-15+. The zero-order chi connectivity index (χ0) is 23.8. The minimum atomic E-state index is -0.168. The van der Waals surface area contributed by atoms with Gasteiger partial charge in [-0.1, -0.05) is 66.7 Å². The summed E-state index contributed by atoms with van der Waals surface area (Å²) in [5, 5.41) is 6.05. The lowest BCUT2D eigenvalue weighted by Gasteiger charge is -2.11. The maximum Gasteiger partial charge on any atom is 0.252 e. The largest absolute Gasteiger partial charge is 0.493 e. The Bertz CT molecular complexity index is 1270. The van der Waals surface area contributed by atoms with Crippen molar-refractivity contribution >= 4 is 28.9 Å². The highest BCUT2D eigenvalue weighted by Gasteiger charge is 2.14. The molecule has 0 spiro atoms. The van der Waals surface area contributed by atoms with Crippen LogP contribution in [0.1, 0.15) is 27.4 Å². The highest BCUT2D eigenvalue weighted by atomic mass is 32.1. The Morgan fingerprint density at radius 1 is 0.941 bits per heavy atom. The minimum absolute atomic E-state index is 0.168. The molecule has 0 unspecified atom stereocenters. The lowest BCUT2D eigenvalue weighted by atomic mass is 10.0. The molecule has 0 bridgehead atoms. The normalized spacial score (nSPS) is 11.2. The van der Waals surface area contributed by atoms with Gasteiger partial charge in [0.2, 0.25) is 0 Å². The molecule has 5 nitrogen and oxygen atoms in total. The van der Waals surface area contributed by atoms with Crippen LogP contribution in [0.3, 0.4) is 0 Å². The third-order valence-corrected chi connectivity index (χ3v) is 6.17. The van der Waals surface area contributed by atoms with Crippen molar-refractivity contribution in [1.82, 2.24) is 10.3 Å². The number of thiazole rings is 1. The number of nitrogens with zero attached hydrogens (tertiary/aromatic N) is 1. The van der Waals surface area contributed by atoms with Crippen molar-refractivity contribution in [2.75, 3.05) is 14.2 Å². The molecule has 0 fully saturated rings. The fraction of sp³-hybridized carbons (Fsp3) is 0.143. The van der Waals surface area contributed by atoms with E-state index in [4.69, 9.17) is 9.47 Å². The fourth-order valence-electron chi connectivity index (χ4n) is 3.55. The van der Waals surface area contributed by atoms with Crippen LogP contribution < -0.4 is 14.8 Å². The quantitative estimate of drug-likeness (QED) is 0.255. The Morgan fingerprint density at radius 2 is 1.65 bits per heavy atom. The molecule has 0 aliphatic rings. The predicted octanol–water partition coefficient (Wildman–Crippen LogP) is 5.61. The molecule has 1 aromatic heterocycles. The van der Waals surface area contributed by atoms with Crippen molar-refractivity contribution in [3.8, 4) is 11.5 Å². The third kappa shape index (κ3) is 5.91. The molecule has 3 aromatic carbocycles. The molecule has 0 atom stereocenters. The summed E-state index contributed by atoms with van der Waals surface area (Å²) in [6.07, 6.45) is 2.64. The number of hydrogen-bond acceptors (Lipinski definition) is 5. The summed E-state index contributed by atoms with van der Waals surface area (Å²) < 4.78 is 10.7. The smallest absolute Gasteiger partial charge is 0.252 e. The predicted molar refractivity (Wildman–Crippen MR) is 137 cm³/mol. The molecule has 172 valence electrons. The Balaban J connectivity index is 1.51. The lowest BCUT2D eigenvalue weighted by molar-refractivity contribution is -0.115. The Hall–Kier alpha value is -3.90. The van der Waals surface area contributed by atoms with E-state index in [1.807, 2.05) is 78.2 Å². The molecule has 0 saturated heterocycles. The van der Waals surface area contributed by atoms with E-state index >= 15 is 0 Å². The number of nitrogens with one attached hydrogen (secondary N) is 1. The van der Waals surface area contributed by atoms with E-state index in [1.165, 1.54) is 5.56 Å². The van der Waals surface area contributed by atoms with Gasteiger partial charge in [-0.25, -0.2) is 4.98 Å². The highest BCUT2D eigenvalue weighted by Crippen LogP contribution is 2.29. The molecule has 0 aliphatic heterocycles. The van der Waals surface area contributed by atoms with Gasteiger partial charge < -0.3 is 14.8 Å². The Morgan fingerprint density at radius 3 is 2.35 bits per heavy atom. The topological polar surface area (TPSA) is 60.5 Å². The highest BCUT2D eigenvalue weighted by molar-refractivity contribution is 7.09. The summed E-state index contributed by atoms with van der Waals surface area (Å²) in [5.74, 6) is 1.08. The van der Waals surface area contributed by atoms with Crippen LogP contribution in [0.4, 0.5) is 0 Å². The molecule has 6 heteroatoms. The monoisotopic (exact) mass is 470 g/mol. The van der Waals surface area contributed by atoms with Gasteiger partial charge in [-0.05, 0) is 34.9 Å². The molecule has 4 aromatic rings. The van der Waals surface area contributed by atoms with Crippen molar-refractivity contribution in [3.63, 3.8) is 0 Å². The second-order valence-electron chi connectivity index (χ2n) is 7.62. The SMILES string of the molecule is COc1ccc(/C=C(/C(=O)NCc2csc(Cc3ccccc3)n2)c2ccccc2)cc1OC. The van der Waals surface area contributed by atoms with E-state index in [0.717, 1.165) is 28.2 Å². The number of benzene rings is 3. The van der Waals surface area contributed by atoms with Crippen LogP contribution in [0, 0.1) is 0 Å². The Kier molecular flexibility index (Phi) is 7.73. The first-order valence-electron chi connectivity index (χ1n) is 10.9. The van der Waals surface area contributed by atoms with Gasteiger partial charge in [0.05, 0.1) is 31.5 Å². The molecule has 1 N–H and O–H groups in total. The molecule has 0 aliphatic carbocycles. The maximum atomic E-state index is 13.2. The zero-order valence-corrected chi connectivity index (χ0v) is 20.0. The number of ether oxygens (including phenoxy) is 2. The van der Waals surface area contributed by atoms with Gasteiger partial charge in [0, 0.05) is 17.4 Å². The van der Waals surface area contributed by atoms with Crippen LogP contribution in [-0.4, -0.2) is 25.1 Å². The van der Waals surface area contributed by atoms with E-state index in [-0.39, 0.29) is 5.91 Å². The van der Waals surface area contributed by atoms with Gasteiger partial charge in [-0.2, -0.15) is 0 Å². The van der Waals surface area contributed by atoms with Gasteiger partial charge in [0.25, 0.3) is 5.91 Å². The summed E-state index contributed by atoms with van der Waals surface area (Å²) in [5.41, 5.74) is 4.30. The number of carbonyl (C=O) groups is 1. The van der Waals surface area contributed by atoms with E-state index in [9.17, 15) is 4.79 Å². The first-order chi connectivity index (χ1) is 16.7. The van der Waals surface area contributed by atoms with Crippen molar-refractivity contribution in [1.29, 1.82) is 0 Å². The average Bonchev–Trinajstić information content (AvgIpc) is 3.34. The van der Waals surface area contributed by atoms with Crippen LogP contribution in [0.2, 0.25) is 0 Å². The fourth-order valence-corrected chi connectivity index (χ4v) is 4.38. The summed E-state index contributed by atoms with van der Waals surface area (Å²) in [7, 11) is 3.19. The zero-order valence-electron chi connectivity index (χ0n) is 19.2. The van der Waals surface area contributed by atoms with Crippen LogP contribution in [-0.2, 0) is 17.8 Å². The second kappa shape index (κ2) is 11.3. The number of hydrogen-bond donors (Lipinski definition) is 1. The van der Waals surface area contributed by atoms with Crippen molar-refractivity contribution in [2.24, 2.45) is 0 Å². The average molecular weight is 471 g/mol. The lowest BCUT2D eigenvalue weighted by Crippen LogP contribution is -2.24. The van der Waals surface area contributed by atoms with Gasteiger partial charge in [-0.3, -0.25) is 4.79 Å². The number of carbonyl (C=O) groups excluding carboxylic acids is 1. The van der Waals surface area contributed by atoms with Gasteiger partial charge in [0.15, 0.2) is 11.5 Å². The summed E-state index contributed by atoms with van der Waals surface area (Å²) >= 11 is 1.61.